The lowest BCUT2D eigenvalue weighted by molar-refractivity contribution is -0.120. The average molecular weight is 284 g/mol. The minimum Gasteiger partial charge on any atom is -0.484 e. The fourth-order valence-corrected chi connectivity index (χ4v) is 1.91. The van der Waals surface area contributed by atoms with Crippen LogP contribution >= 0.6 is 0 Å². The number of anilines is 2. The third-order valence-corrected chi connectivity index (χ3v) is 3.35. The second kappa shape index (κ2) is 6.79. The first kappa shape index (κ1) is 14.9. The first-order valence-electron chi connectivity index (χ1n) is 6.94. The molecule has 2 aromatic rings. The highest BCUT2D eigenvalue weighted by Gasteiger charge is 2.11. The maximum absolute atomic E-state index is 12.1. The van der Waals surface area contributed by atoms with Crippen molar-refractivity contribution in [3.8, 4) is 5.75 Å². The summed E-state index contributed by atoms with van der Waals surface area (Å²) in [5.74, 6) is 0.531. The molecule has 0 saturated carbocycles. The molecule has 0 spiro atoms. The van der Waals surface area contributed by atoms with Crippen LogP contribution in [-0.4, -0.2) is 19.6 Å². The Balaban J connectivity index is 1.93. The summed E-state index contributed by atoms with van der Waals surface area (Å²) in [6.07, 6.45) is 0.984. The van der Waals surface area contributed by atoms with Crippen molar-refractivity contribution in [2.24, 2.45) is 0 Å². The first-order valence-corrected chi connectivity index (χ1v) is 6.94. The van der Waals surface area contributed by atoms with Gasteiger partial charge in [0.15, 0.2) is 6.61 Å². The van der Waals surface area contributed by atoms with E-state index in [1.54, 1.807) is 36.2 Å². The largest absolute Gasteiger partial charge is 0.484 e. The molecule has 0 unspecified atom stereocenters. The summed E-state index contributed by atoms with van der Waals surface area (Å²) in [4.78, 5) is 13.7. The number of carbonyl (C=O) groups is 1. The highest BCUT2D eigenvalue weighted by molar-refractivity contribution is 5.93. The van der Waals surface area contributed by atoms with Gasteiger partial charge >= 0.3 is 0 Å². The second-order valence-electron chi connectivity index (χ2n) is 4.83. The Morgan fingerprint density at radius 2 is 1.71 bits per heavy atom. The number of hydrogen-bond acceptors (Lipinski definition) is 3. The molecule has 0 aliphatic heterocycles. The summed E-state index contributed by atoms with van der Waals surface area (Å²) >= 11 is 0. The van der Waals surface area contributed by atoms with Gasteiger partial charge in [-0.15, -0.1) is 0 Å². The van der Waals surface area contributed by atoms with Crippen LogP contribution < -0.4 is 15.4 Å². The minimum absolute atomic E-state index is 0.00402. The number of aryl methyl sites for hydroxylation is 1. The van der Waals surface area contributed by atoms with E-state index in [1.807, 2.05) is 24.3 Å². The summed E-state index contributed by atoms with van der Waals surface area (Å²) in [6.45, 7) is 2.10. The molecular formula is C17H20N2O2. The van der Waals surface area contributed by atoms with E-state index in [2.05, 4.69) is 6.92 Å². The number of hydrogen-bond donors (Lipinski definition) is 1. The third kappa shape index (κ3) is 3.99. The standard InChI is InChI=1S/C17H20N2O2/c1-3-13-4-8-15(9-5-13)19(2)17(20)12-21-16-10-6-14(18)7-11-16/h4-11H,3,12,18H2,1-2H3. The summed E-state index contributed by atoms with van der Waals surface area (Å²) in [7, 11) is 1.75. The van der Waals surface area contributed by atoms with Crippen LogP contribution in [0.15, 0.2) is 48.5 Å². The number of nitrogens with two attached hydrogens (primary N) is 1. The molecule has 2 N–H and O–H groups in total. The van der Waals surface area contributed by atoms with Gasteiger partial charge in [-0.3, -0.25) is 4.79 Å². The highest BCUT2D eigenvalue weighted by atomic mass is 16.5. The van der Waals surface area contributed by atoms with Crippen molar-refractivity contribution in [3.63, 3.8) is 0 Å². The Bertz CT molecular complexity index is 591. The van der Waals surface area contributed by atoms with Crippen LogP contribution in [0.2, 0.25) is 0 Å². The molecule has 0 saturated heterocycles. The van der Waals surface area contributed by atoms with E-state index >= 15 is 0 Å². The Kier molecular flexibility index (Phi) is 4.82. The number of benzene rings is 2. The van der Waals surface area contributed by atoms with Crippen molar-refractivity contribution in [2.45, 2.75) is 13.3 Å². The molecule has 4 heteroatoms. The molecular weight excluding hydrogens is 264 g/mol. The number of rotatable bonds is 5. The van der Waals surface area contributed by atoms with Gasteiger partial charge in [0, 0.05) is 18.4 Å². The van der Waals surface area contributed by atoms with E-state index in [9.17, 15) is 4.79 Å². The highest BCUT2D eigenvalue weighted by Crippen LogP contribution is 2.16. The van der Waals surface area contributed by atoms with Gasteiger partial charge in [0.05, 0.1) is 0 Å². The molecule has 21 heavy (non-hydrogen) atoms. The molecule has 2 aromatic carbocycles. The maximum atomic E-state index is 12.1. The predicted octanol–water partition coefficient (Wildman–Crippen LogP) is 2.87. The molecule has 1 amide bonds. The van der Waals surface area contributed by atoms with E-state index in [4.69, 9.17) is 10.5 Å². The van der Waals surface area contributed by atoms with E-state index in [0.717, 1.165) is 12.1 Å². The number of nitrogen functional groups attached to an aromatic ring is 1. The van der Waals surface area contributed by atoms with Gasteiger partial charge in [0.1, 0.15) is 5.75 Å². The number of ether oxygens (including phenoxy) is 1. The normalized spacial score (nSPS) is 10.2. The lowest BCUT2D eigenvalue weighted by Gasteiger charge is -2.18. The average Bonchev–Trinajstić information content (AvgIpc) is 2.53. The molecule has 0 heterocycles. The smallest absolute Gasteiger partial charge is 0.264 e. The van der Waals surface area contributed by atoms with E-state index in [-0.39, 0.29) is 12.5 Å². The monoisotopic (exact) mass is 284 g/mol. The van der Waals surface area contributed by atoms with Crippen molar-refractivity contribution in [2.75, 3.05) is 24.3 Å². The predicted molar refractivity (Wildman–Crippen MR) is 85.6 cm³/mol. The fourth-order valence-electron chi connectivity index (χ4n) is 1.91. The molecule has 0 fully saturated rings. The Labute approximate surface area is 125 Å². The third-order valence-electron chi connectivity index (χ3n) is 3.35. The lowest BCUT2D eigenvalue weighted by Crippen LogP contribution is -2.31. The van der Waals surface area contributed by atoms with Gasteiger partial charge in [-0.05, 0) is 48.4 Å². The van der Waals surface area contributed by atoms with Gasteiger partial charge in [-0.25, -0.2) is 0 Å². The second-order valence-corrected chi connectivity index (χ2v) is 4.83. The summed E-state index contributed by atoms with van der Waals surface area (Å²) in [5, 5.41) is 0. The molecule has 0 atom stereocenters. The van der Waals surface area contributed by atoms with Crippen LogP contribution in [0.5, 0.6) is 5.75 Å². The van der Waals surface area contributed by atoms with Crippen LogP contribution in [0.1, 0.15) is 12.5 Å². The maximum Gasteiger partial charge on any atom is 0.264 e. The van der Waals surface area contributed by atoms with Crippen LogP contribution in [0.3, 0.4) is 0 Å². The zero-order chi connectivity index (χ0) is 15.2. The van der Waals surface area contributed by atoms with E-state index < -0.39 is 0 Å². The van der Waals surface area contributed by atoms with Gasteiger partial charge in [-0.1, -0.05) is 19.1 Å². The Morgan fingerprint density at radius 1 is 1.10 bits per heavy atom. The molecule has 0 aliphatic carbocycles. The first-order chi connectivity index (χ1) is 10.1. The van der Waals surface area contributed by atoms with Crippen molar-refractivity contribution < 1.29 is 9.53 Å². The Morgan fingerprint density at radius 3 is 2.29 bits per heavy atom. The molecule has 110 valence electrons. The minimum atomic E-state index is -0.101. The number of amides is 1. The van der Waals surface area contributed by atoms with Crippen LogP contribution in [0, 0.1) is 0 Å². The van der Waals surface area contributed by atoms with Crippen molar-refractivity contribution in [1.29, 1.82) is 0 Å². The molecule has 4 nitrogen and oxygen atoms in total. The molecule has 0 bridgehead atoms. The lowest BCUT2D eigenvalue weighted by atomic mass is 10.1. The number of carbonyl (C=O) groups excluding carboxylic acids is 1. The van der Waals surface area contributed by atoms with Gasteiger partial charge in [-0.2, -0.15) is 0 Å². The van der Waals surface area contributed by atoms with Crippen LogP contribution in [0.4, 0.5) is 11.4 Å². The topological polar surface area (TPSA) is 55.6 Å². The number of nitrogens with zero attached hydrogens (tertiary/aromatic N) is 1. The number of likely N-dealkylation sites (N-methyl/N-ethyl adjacent to an activating group) is 1. The van der Waals surface area contributed by atoms with E-state index in [0.29, 0.717) is 11.4 Å². The zero-order valence-corrected chi connectivity index (χ0v) is 12.4. The summed E-state index contributed by atoms with van der Waals surface area (Å²) < 4.78 is 5.46. The zero-order valence-electron chi connectivity index (χ0n) is 12.4. The molecule has 2 rings (SSSR count). The van der Waals surface area contributed by atoms with Crippen molar-refractivity contribution in [3.05, 3.63) is 54.1 Å². The SMILES string of the molecule is CCc1ccc(N(C)C(=O)COc2ccc(N)cc2)cc1. The molecule has 0 aliphatic rings. The fraction of sp³-hybridized carbons (Fsp3) is 0.235. The quantitative estimate of drug-likeness (QED) is 0.859. The van der Waals surface area contributed by atoms with Crippen molar-refractivity contribution in [1.82, 2.24) is 0 Å². The van der Waals surface area contributed by atoms with E-state index in [1.165, 1.54) is 5.56 Å². The van der Waals surface area contributed by atoms with Crippen LogP contribution in [0.25, 0.3) is 0 Å². The molecule has 0 radical (unpaired) electrons. The Hall–Kier alpha value is -2.49. The van der Waals surface area contributed by atoms with Gasteiger partial charge in [0.2, 0.25) is 0 Å². The van der Waals surface area contributed by atoms with Gasteiger partial charge in [0.25, 0.3) is 5.91 Å². The summed E-state index contributed by atoms with van der Waals surface area (Å²) in [6, 6.07) is 14.9. The summed E-state index contributed by atoms with van der Waals surface area (Å²) in [5.41, 5.74) is 8.38. The van der Waals surface area contributed by atoms with Gasteiger partial charge < -0.3 is 15.4 Å². The van der Waals surface area contributed by atoms with Crippen molar-refractivity contribution >= 4 is 17.3 Å². The van der Waals surface area contributed by atoms with Crippen LogP contribution in [-0.2, 0) is 11.2 Å². The molecule has 0 aromatic heterocycles.